The van der Waals surface area contributed by atoms with Crippen molar-refractivity contribution in [2.75, 3.05) is 15.4 Å². The normalized spacial score (nSPS) is 11.1. The first-order valence-corrected chi connectivity index (χ1v) is 11.7. The van der Waals surface area contributed by atoms with Gasteiger partial charge in [-0.05, 0) is 61.4 Å². The van der Waals surface area contributed by atoms with E-state index in [9.17, 15) is 18.0 Å². The number of carbonyl (C=O) groups excluding carboxylic acids is 2. The molecule has 0 spiro atoms. The van der Waals surface area contributed by atoms with Crippen molar-refractivity contribution in [3.05, 3.63) is 64.7 Å². The van der Waals surface area contributed by atoms with Gasteiger partial charge in [0, 0.05) is 23.7 Å². The van der Waals surface area contributed by atoms with Crippen molar-refractivity contribution in [2.24, 2.45) is 0 Å². The van der Waals surface area contributed by atoms with Crippen LogP contribution in [-0.2, 0) is 26.0 Å². The van der Waals surface area contributed by atoms with E-state index in [-0.39, 0.29) is 28.3 Å². The van der Waals surface area contributed by atoms with Crippen LogP contribution in [0, 0.1) is 13.8 Å². The number of anilines is 3. The Morgan fingerprint density at radius 2 is 1.61 bits per heavy atom. The Kier molecular flexibility index (Phi) is 6.71. The van der Waals surface area contributed by atoms with Gasteiger partial charge in [0.25, 0.3) is 10.0 Å². The van der Waals surface area contributed by atoms with Gasteiger partial charge in [0.15, 0.2) is 5.13 Å². The van der Waals surface area contributed by atoms with Crippen LogP contribution in [-0.4, -0.2) is 25.2 Å². The van der Waals surface area contributed by atoms with Gasteiger partial charge in [-0.25, -0.2) is 13.4 Å². The summed E-state index contributed by atoms with van der Waals surface area (Å²) in [4.78, 5) is 27.6. The summed E-state index contributed by atoms with van der Waals surface area (Å²) < 4.78 is 27.5. The van der Waals surface area contributed by atoms with E-state index in [1.807, 2.05) is 32.0 Å². The van der Waals surface area contributed by atoms with Gasteiger partial charge >= 0.3 is 0 Å². The minimum Gasteiger partial charge on any atom is -0.326 e. The zero-order chi connectivity index (χ0) is 22.6. The van der Waals surface area contributed by atoms with Gasteiger partial charge < -0.3 is 10.6 Å². The molecule has 0 saturated heterocycles. The molecule has 0 atom stereocenters. The number of hydrogen-bond acceptors (Lipinski definition) is 6. The van der Waals surface area contributed by atoms with Gasteiger partial charge in [-0.3, -0.25) is 14.3 Å². The van der Waals surface area contributed by atoms with Crippen LogP contribution < -0.4 is 15.4 Å². The molecule has 3 rings (SSSR count). The fourth-order valence-corrected chi connectivity index (χ4v) is 4.91. The Labute approximate surface area is 184 Å². The molecule has 1 heterocycles. The number of nitrogens with one attached hydrogen (secondary N) is 3. The quantitative estimate of drug-likeness (QED) is 0.499. The zero-order valence-corrected chi connectivity index (χ0v) is 18.9. The Morgan fingerprint density at radius 1 is 0.968 bits per heavy atom. The van der Waals surface area contributed by atoms with Crippen molar-refractivity contribution in [1.29, 1.82) is 0 Å². The van der Waals surface area contributed by atoms with Crippen molar-refractivity contribution in [2.45, 2.75) is 32.1 Å². The maximum absolute atomic E-state index is 12.6. The number of nitrogens with zero attached hydrogens (tertiary/aromatic N) is 1. The van der Waals surface area contributed by atoms with Crippen molar-refractivity contribution >= 4 is 49.7 Å². The van der Waals surface area contributed by atoms with Crippen molar-refractivity contribution in [1.82, 2.24) is 4.98 Å². The molecule has 10 heteroatoms. The molecule has 31 heavy (non-hydrogen) atoms. The SMILES string of the molecule is CC(=O)Nc1ccc(S(=O)(=O)Nc2nc(CC(=O)Nc3cc(C)cc(C)c3)cs2)cc1. The third-order valence-electron chi connectivity index (χ3n) is 4.11. The second kappa shape index (κ2) is 9.27. The van der Waals surface area contributed by atoms with Crippen molar-refractivity contribution in [3.8, 4) is 0 Å². The van der Waals surface area contributed by atoms with E-state index in [1.165, 1.54) is 31.2 Å². The summed E-state index contributed by atoms with van der Waals surface area (Å²) >= 11 is 1.10. The summed E-state index contributed by atoms with van der Waals surface area (Å²) in [5.41, 5.74) is 3.77. The summed E-state index contributed by atoms with van der Waals surface area (Å²) in [5.74, 6) is -0.483. The van der Waals surface area contributed by atoms with Crippen LogP contribution in [0.3, 0.4) is 0 Å². The molecule has 3 N–H and O–H groups in total. The maximum Gasteiger partial charge on any atom is 0.263 e. The number of benzene rings is 2. The van der Waals surface area contributed by atoms with E-state index < -0.39 is 10.0 Å². The Balaban J connectivity index is 1.63. The minimum absolute atomic E-state index is 0.0244. The molecule has 8 nitrogen and oxygen atoms in total. The first-order chi connectivity index (χ1) is 14.6. The molecule has 1 aromatic heterocycles. The molecule has 2 aromatic carbocycles. The second-order valence-electron chi connectivity index (χ2n) is 7.06. The third-order valence-corrected chi connectivity index (χ3v) is 6.40. The van der Waals surface area contributed by atoms with Crippen molar-refractivity contribution in [3.63, 3.8) is 0 Å². The third kappa shape index (κ3) is 6.37. The fraction of sp³-hybridized carbons (Fsp3) is 0.190. The summed E-state index contributed by atoms with van der Waals surface area (Å²) in [7, 11) is -3.85. The van der Waals surface area contributed by atoms with Gasteiger partial charge in [0.1, 0.15) is 0 Å². The fourth-order valence-electron chi connectivity index (χ4n) is 2.95. The number of rotatable bonds is 7. The highest BCUT2D eigenvalue weighted by molar-refractivity contribution is 7.93. The molecule has 0 unspecified atom stereocenters. The molecule has 0 fully saturated rings. The average molecular weight is 459 g/mol. The lowest BCUT2D eigenvalue weighted by Crippen LogP contribution is -2.15. The molecule has 0 bridgehead atoms. The number of aromatic nitrogens is 1. The standard InChI is InChI=1S/C21H22N4O4S2/c1-13-8-14(2)10-17(9-13)23-20(27)11-18-12-30-21(24-18)25-31(28,29)19-6-4-16(5-7-19)22-15(3)26/h4-10,12H,11H2,1-3H3,(H,22,26)(H,23,27)(H,24,25). The minimum atomic E-state index is -3.85. The van der Waals surface area contributed by atoms with Crippen LogP contribution in [0.2, 0.25) is 0 Å². The molecule has 0 aliphatic heterocycles. The number of sulfonamides is 1. The van der Waals surface area contributed by atoms with Crippen LogP contribution in [0.25, 0.3) is 0 Å². The van der Waals surface area contributed by atoms with Gasteiger partial charge in [-0.2, -0.15) is 0 Å². The lowest BCUT2D eigenvalue weighted by molar-refractivity contribution is -0.116. The molecule has 0 aliphatic rings. The molecule has 0 radical (unpaired) electrons. The van der Waals surface area contributed by atoms with Gasteiger partial charge in [0.05, 0.1) is 17.0 Å². The molecule has 0 aliphatic carbocycles. The van der Waals surface area contributed by atoms with E-state index >= 15 is 0 Å². The number of thiazole rings is 1. The van der Waals surface area contributed by atoms with E-state index in [4.69, 9.17) is 0 Å². The monoisotopic (exact) mass is 458 g/mol. The topological polar surface area (TPSA) is 117 Å². The Morgan fingerprint density at radius 3 is 2.23 bits per heavy atom. The zero-order valence-electron chi connectivity index (χ0n) is 17.2. The van der Waals surface area contributed by atoms with E-state index in [0.29, 0.717) is 17.1 Å². The largest absolute Gasteiger partial charge is 0.326 e. The van der Waals surface area contributed by atoms with Crippen molar-refractivity contribution < 1.29 is 18.0 Å². The molecule has 3 aromatic rings. The Bertz CT molecular complexity index is 1200. The number of hydrogen-bond donors (Lipinski definition) is 3. The summed E-state index contributed by atoms with van der Waals surface area (Å²) in [6, 6.07) is 11.5. The van der Waals surface area contributed by atoms with Crippen LogP contribution in [0.1, 0.15) is 23.7 Å². The number of carbonyl (C=O) groups is 2. The van der Waals surface area contributed by atoms with Gasteiger partial charge in [0.2, 0.25) is 11.8 Å². The maximum atomic E-state index is 12.6. The second-order valence-corrected chi connectivity index (χ2v) is 9.60. The summed E-state index contributed by atoms with van der Waals surface area (Å²) in [6.45, 7) is 5.28. The smallest absolute Gasteiger partial charge is 0.263 e. The Hall–Kier alpha value is -3.24. The van der Waals surface area contributed by atoms with Gasteiger partial charge in [-0.1, -0.05) is 6.07 Å². The molecule has 162 valence electrons. The average Bonchev–Trinajstić information content (AvgIpc) is 3.06. The molecular formula is C21H22N4O4S2. The highest BCUT2D eigenvalue weighted by atomic mass is 32.2. The summed E-state index contributed by atoms with van der Waals surface area (Å²) in [6.07, 6.45) is 0.0244. The van der Waals surface area contributed by atoms with Crippen LogP contribution >= 0.6 is 11.3 Å². The first kappa shape index (κ1) is 22.4. The number of aryl methyl sites for hydroxylation is 2. The predicted octanol–water partition coefficient (Wildman–Crippen LogP) is 3.70. The number of amides is 2. The molecule has 2 amide bonds. The van der Waals surface area contributed by atoms with E-state index in [1.54, 1.807) is 5.38 Å². The summed E-state index contributed by atoms with van der Waals surface area (Å²) in [5, 5.41) is 7.21. The van der Waals surface area contributed by atoms with E-state index in [2.05, 4.69) is 20.3 Å². The highest BCUT2D eigenvalue weighted by Crippen LogP contribution is 2.22. The molecular weight excluding hydrogens is 436 g/mol. The predicted molar refractivity (Wildman–Crippen MR) is 122 cm³/mol. The lowest BCUT2D eigenvalue weighted by Gasteiger charge is -2.07. The van der Waals surface area contributed by atoms with Crippen LogP contribution in [0.15, 0.2) is 52.7 Å². The highest BCUT2D eigenvalue weighted by Gasteiger charge is 2.17. The van der Waals surface area contributed by atoms with Gasteiger partial charge in [-0.15, -0.1) is 11.3 Å². The molecule has 0 saturated carbocycles. The first-order valence-electron chi connectivity index (χ1n) is 9.34. The lowest BCUT2D eigenvalue weighted by atomic mass is 10.1. The van der Waals surface area contributed by atoms with E-state index in [0.717, 1.165) is 22.5 Å². The van der Waals surface area contributed by atoms with Crippen LogP contribution in [0.5, 0.6) is 0 Å². The van der Waals surface area contributed by atoms with Crippen LogP contribution in [0.4, 0.5) is 16.5 Å².